The van der Waals surface area contributed by atoms with E-state index < -0.39 is 35.9 Å². The number of phenolic OH excluding ortho intramolecular Hbond substituents is 1. The first-order valence-corrected chi connectivity index (χ1v) is 10.4. The molecule has 0 bridgehead atoms. The van der Waals surface area contributed by atoms with Crippen molar-refractivity contribution in [1.82, 2.24) is 10.6 Å². The number of unbranched alkanes of at least 4 members (excludes halogenated alkanes) is 2. The van der Waals surface area contributed by atoms with Crippen molar-refractivity contribution >= 4 is 17.8 Å². The van der Waals surface area contributed by atoms with Crippen LogP contribution in [0.15, 0.2) is 24.3 Å². The molecule has 1 aromatic carbocycles. The van der Waals surface area contributed by atoms with Crippen molar-refractivity contribution in [2.24, 2.45) is 11.5 Å². The summed E-state index contributed by atoms with van der Waals surface area (Å²) in [4.78, 5) is 36.8. The van der Waals surface area contributed by atoms with E-state index in [1.807, 2.05) is 6.92 Å². The zero-order valence-electron chi connectivity index (χ0n) is 17.5. The molecule has 9 heteroatoms. The monoisotopic (exact) mass is 422 g/mol. The number of carboxylic acid groups (broad SMARTS) is 1. The summed E-state index contributed by atoms with van der Waals surface area (Å²) in [6, 6.07) is 3.41. The summed E-state index contributed by atoms with van der Waals surface area (Å²) in [5.74, 6) is -2.12. The van der Waals surface area contributed by atoms with Crippen LogP contribution in [-0.2, 0) is 20.8 Å². The van der Waals surface area contributed by atoms with Gasteiger partial charge in [0.2, 0.25) is 11.8 Å². The summed E-state index contributed by atoms with van der Waals surface area (Å²) in [6.45, 7) is 2.43. The van der Waals surface area contributed by atoms with Gasteiger partial charge < -0.3 is 32.3 Å². The van der Waals surface area contributed by atoms with Crippen LogP contribution in [-0.4, -0.2) is 52.7 Å². The van der Waals surface area contributed by atoms with E-state index in [0.29, 0.717) is 31.4 Å². The summed E-state index contributed by atoms with van der Waals surface area (Å²) in [6.07, 6.45) is 3.76. The number of aromatic hydroxyl groups is 1. The predicted molar refractivity (Wildman–Crippen MR) is 114 cm³/mol. The normalized spacial score (nSPS) is 13.8. The number of nitrogens with one attached hydrogen (secondary N) is 2. The van der Waals surface area contributed by atoms with Crippen molar-refractivity contribution in [2.45, 2.75) is 70.0 Å². The second kappa shape index (κ2) is 13.6. The van der Waals surface area contributed by atoms with Gasteiger partial charge in [-0.05, 0) is 49.9 Å². The first kappa shape index (κ1) is 25.4. The average molecular weight is 423 g/mol. The number of carbonyl (C=O) groups excluding carboxylic acids is 2. The Bertz CT molecular complexity index is 680. The molecule has 168 valence electrons. The van der Waals surface area contributed by atoms with Crippen LogP contribution in [0, 0.1) is 0 Å². The number of phenols is 1. The Morgan fingerprint density at radius 3 is 2.17 bits per heavy atom. The summed E-state index contributed by atoms with van der Waals surface area (Å²) >= 11 is 0. The van der Waals surface area contributed by atoms with Gasteiger partial charge >= 0.3 is 5.97 Å². The van der Waals surface area contributed by atoms with E-state index >= 15 is 0 Å². The average Bonchev–Trinajstić information content (AvgIpc) is 2.72. The summed E-state index contributed by atoms with van der Waals surface area (Å²) in [5, 5.41) is 24.0. The van der Waals surface area contributed by atoms with Crippen molar-refractivity contribution in [1.29, 1.82) is 0 Å². The molecule has 0 radical (unpaired) electrons. The van der Waals surface area contributed by atoms with Crippen LogP contribution in [0.25, 0.3) is 0 Å². The molecular formula is C21H34N4O5. The quantitative estimate of drug-likeness (QED) is 0.239. The SMILES string of the molecule is CCCC[C@H](N)C(=O)N[C@@H](Cc1ccc(O)cc1)C(=O)N[C@@H](CCCCN)C(=O)O. The Kier molecular flexibility index (Phi) is 11.5. The number of benzene rings is 1. The third-order valence-electron chi connectivity index (χ3n) is 4.78. The highest BCUT2D eigenvalue weighted by Gasteiger charge is 2.28. The van der Waals surface area contributed by atoms with Gasteiger partial charge in [0.05, 0.1) is 6.04 Å². The molecule has 8 N–H and O–H groups in total. The first-order valence-electron chi connectivity index (χ1n) is 10.4. The van der Waals surface area contributed by atoms with Crippen molar-refractivity contribution in [3.8, 4) is 5.75 Å². The van der Waals surface area contributed by atoms with Crippen LogP contribution in [0.3, 0.4) is 0 Å². The minimum absolute atomic E-state index is 0.0798. The number of aliphatic carboxylic acids is 1. The minimum atomic E-state index is -1.14. The summed E-state index contributed by atoms with van der Waals surface area (Å²) in [7, 11) is 0. The lowest BCUT2D eigenvalue weighted by Crippen LogP contribution is -2.55. The highest BCUT2D eigenvalue weighted by molar-refractivity contribution is 5.91. The van der Waals surface area contributed by atoms with Crippen LogP contribution in [0.5, 0.6) is 5.75 Å². The van der Waals surface area contributed by atoms with Gasteiger partial charge in [-0.3, -0.25) is 9.59 Å². The highest BCUT2D eigenvalue weighted by atomic mass is 16.4. The van der Waals surface area contributed by atoms with Gasteiger partial charge in [-0.2, -0.15) is 0 Å². The van der Waals surface area contributed by atoms with E-state index in [0.717, 1.165) is 12.8 Å². The molecular weight excluding hydrogens is 388 g/mol. The van der Waals surface area contributed by atoms with Crippen LogP contribution in [0.1, 0.15) is 51.0 Å². The van der Waals surface area contributed by atoms with E-state index in [2.05, 4.69) is 10.6 Å². The third kappa shape index (κ3) is 9.23. The molecule has 0 saturated heterocycles. The lowest BCUT2D eigenvalue weighted by atomic mass is 10.0. The van der Waals surface area contributed by atoms with Gasteiger partial charge in [-0.15, -0.1) is 0 Å². The van der Waals surface area contributed by atoms with Crippen molar-refractivity contribution < 1.29 is 24.6 Å². The van der Waals surface area contributed by atoms with E-state index in [4.69, 9.17) is 11.5 Å². The van der Waals surface area contributed by atoms with Crippen molar-refractivity contribution in [3.63, 3.8) is 0 Å². The van der Waals surface area contributed by atoms with E-state index in [1.54, 1.807) is 12.1 Å². The molecule has 0 saturated carbocycles. The number of hydrogen-bond donors (Lipinski definition) is 6. The molecule has 0 heterocycles. The van der Waals surface area contributed by atoms with Crippen molar-refractivity contribution in [2.75, 3.05) is 6.54 Å². The zero-order valence-corrected chi connectivity index (χ0v) is 17.5. The standard InChI is InChI=1S/C21H34N4O5/c1-2-3-6-16(23)19(27)25-18(13-14-8-10-15(26)11-9-14)20(28)24-17(21(29)30)7-4-5-12-22/h8-11,16-18,26H,2-7,12-13,22-23H2,1H3,(H,24,28)(H,25,27)(H,29,30)/t16-,17-,18-/m0/s1. The van der Waals surface area contributed by atoms with E-state index in [-0.39, 0.29) is 18.6 Å². The van der Waals surface area contributed by atoms with Gasteiger partial charge in [-0.25, -0.2) is 4.79 Å². The van der Waals surface area contributed by atoms with Crippen LogP contribution >= 0.6 is 0 Å². The first-order chi connectivity index (χ1) is 14.3. The Morgan fingerprint density at radius 2 is 1.60 bits per heavy atom. The maximum atomic E-state index is 12.8. The predicted octanol–water partition coefficient (Wildman–Crippen LogP) is 0.635. The second-order valence-corrected chi connectivity index (χ2v) is 7.36. The Balaban J connectivity index is 2.90. The van der Waals surface area contributed by atoms with Gasteiger partial charge in [0.15, 0.2) is 0 Å². The third-order valence-corrected chi connectivity index (χ3v) is 4.78. The maximum absolute atomic E-state index is 12.8. The fourth-order valence-corrected chi connectivity index (χ4v) is 2.93. The maximum Gasteiger partial charge on any atom is 0.326 e. The molecule has 0 spiro atoms. The minimum Gasteiger partial charge on any atom is -0.508 e. The molecule has 3 atom stereocenters. The molecule has 0 fully saturated rings. The molecule has 9 nitrogen and oxygen atoms in total. The number of rotatable bonds is 14. The van der Waals surface area contributed by atoms with Crippen LogP contribution in [0.2, 0.25) is 0 Å². The molecule has 0 aromatic heterocycles. The molecule has 0 unspecified atom stereocenters. The molecule has 0 aliphatic heterocycles. The summed E-state index contributed by atoms with van der Waals surface area (Å²) in [5.41, 5.74) is 12.1. The fraction of sp³-hybridized carbons (Fsp3) is 0.571. The van der Waals surface area contributed by atoms with Crippen LogP contribution < -0.4 is 22.1 Å². The highest BCUT2D eigenvalue weighted by Crippen LogP contribution is 2.12. The molecule has 2 amide bonds. The van der Waals surface area contributed by atoms with Crippen molar-refractivity contribution in [3.05, 3.63) is 29.8 Å². The molecule has 1 aromatic rings. The number of carbonyl (C=O) groups is 3. The largest absolute Gasteiger partial charge is 0.508 e. The molecule has 0 aliphatic carbocycles. The Hall–Kier alpha value is -2.65. The Labute approximate surface area is 177 Å². The van der Waals surface area contributed by atoms with E-state index in [1.165, 1.54) is 12.1 Å². The van der Waals surface area contributed by atoms with Gasteiger partial charge in [0.1, 0.15) is 17.8 Å². The van der Waals surface area contributed by atoms with Crippen LogP contribution in [0.4, 0.5) is 0 Å². The smallest absolute Gasteiger partial charge is 0.326 e. The number of hydrogen-bond acceptors (Lipinski definition) is 6. The lowest BCUT2D eigenvalue weighted by molar-refractivity contribution is -0.142. The summed E-state index contributed by atoms with van der Waals surface area (Å²) < 4.78 is 0. The number of carboxylic acids is 1. The van der Waals surface area contributed by atoms with Gasteiger partial charge in [0, 0.05) is 6.42 Å². The zero-order chi connectivity index (χ0) is 22.5. The topological polar surface area (TPSA) is 168 Å². The fourth-order valence-electron chi connectivity index (χ4n) is 2.93. The van der Waals surface area contributed by atoms with Gasteiger partial charge in [0.25, 0.3) is 0 Å². The lowest BCUT2D eigenvalue weighted by Gasteiger charge is -2.23. The number of nitrogens with two attached hydrogens (primary N) is 2. The van der Waals surface area contributed by atoms with Gasteiger partial charge in [-0.1, -0.05) is 31.9 Å². The molecule has 1 rings (SSSR count). The molecule has 0 aliphatic rings. The Morgan fingerprint density at radius 1 is 0.967 bits per heavy atom. The van der Waals surface area contributed by atoms with E-state index in [9.17, 15) is 24.6 Å². The molecule has 30 heavy (non-hydrogen) atoms. The second-order valence-electron chi connectivity index (χ2n) is 7.36. The number of amides is 2.